The highest BCUT2D eigenvalue weighted by atomic mass is 15.2. The van der Waals surface area contributed by atoms with E-state index in [0.717, 1.165) is 11.6 Å². The summed E-state index contributed by atoms with van der Waals surface area (Å²) in [4.78, 5) is 3.95. The highest BCUT2D eigenvalue weighted by molar-refractivity contribution is 5.31. The second-order valence-corrected chi connectivity index (χ2v) is 2.39. The Balaban J connectivity index is 1.94. The van der Waals surface area contributed by atoms with Crippen LogP contribution in [-0.4, -0.2) is 25.4 Å². The number of hydrogen-bond donors (Lipinski definition) is 2. The third-order valence-corrected chi connectivity index (χ3v) is 1.47. The van der Waals surface area contributed by atoms with Crippen molar-refractivity contribution in [2.24, 2.45) is 0 Å². The van der Waals surface area contributed by atoms with Gasteiger partial charge in [-0.3, -0.25) is 5.10 Å². The summed E-state index contributed by atoms with van der Waals surface area (Å²) in [5.74, 6) is 1.49. The summed E-state index contributed by atoms with van der Waals surface area (Å²) >= 11 is 0. The Hall–Kier alpha value is -1.98. The van der Waals surface area contributed by atoms with Crippen LogP contribution in [0.2, 0.25) is 0 Å². The lowest BCUT2D eigenvalue weighted by Gasteiger charge is -1.99. The molecule has 2 rings (SSSR count). The Morgan fingerprint density at radius 1 is 1.46 bits per heavy atom. The second-order valence-electron chi connectivity index (χ2n) is 2.39. The molecule has 0 aliphatic heterocycles. The number of aromatic nitrogens is 5. The van der Waals surface area contributed by atoms with Crippen molar-refractivity contribution in [2.75, 3.05) is 5.32 Å². The summed E-state index contributed by atoms with van der Waals surface area (Å²) in [5.41, 5.74) is 0. The fourth-order valence-corrected chi connectivity index (χ4v) is 0.886. The molecule has 6 heteroatoms. The van der Waals surface area contributed by atoms with Crippen LogP contribution >= 0.6 is 0 Å². The van der Waals surface area contributed by atoms with Gasteiger partial charge in [0.15, 0.2) is 0 Å². The third-order valence-electron chi connectivity index (χ3n) is 1.47. The second kappa shape index (κ2) is 3.61. The predicted molar refractivity (Wildman–Crippen MR) is 45.7 cm³/mol. The first-order chi connectivity index (χ1) is 6.45. The van der Waals surface area contributed by atoms with Gasteiger partial charge >= 0.3 is 0 Å². The molecule has 0 atom stereocenters. The molecule has 0 bridgehead atoms. The highest BCUT2D eigenvalue weighted by Crippen LogP contribution is 1.99. The molecule has 0 saturated heterocycles. The minimum absolute atomic E-state index is 0.568. The molecular formula is C7H8N6. The largest absolute Gasteiger partial charge is 0.361 e. The fourth-order valence-electron chi connectivity index (χ4n) is 0.886. The van der Waals surface area contributed by atoms with E-state index in [1.165, 1.54) is 6.33 Å². The van der Waals surface area contributed by atoms with Crippen LogP contribution in [0.5, 0.6) is 0 Å². The van der Waals surface area contributed by atoms with Crippen molar-refractivity contribution >= 4 is 5.82 Å². The van der Waals surface area contributed by atoms with Gasteiger partial charge in [-0.25, -0.2) is 4.98 Å². The van der Waals surface area contributed by atoms with Gasteiger partial charge in [0.1, 0.15) is 18.0 Å². The van der Waals surface area contributed by atoms with Gasteiger partial charge < -0.3 is 5.32 Å². The van der Waals surface area contributed by atoms with E-state index < -0.39 is 0 Å². The van der Waals surface area contributed by atoms with Crippen LogP contribution in [0, 0.1) is 0 Å². The molecule has 0 aliphatic carbocycles. The van der Waals surface area contributed by atoms with Crippen LogP contribution in [0.25, 0.3) is 0 Å². The van der Waals surface area contributed by atoms with E-state index in [0.29, 0.717) is 6.54 Å². The van der Waals surface area contributed by atoms with Gasteiger partial charge in [0.2, 0.25) is 0 Å². The van der Waals surface area contributed by atoms with E-state index in [1.807, 2.05) is 12.1 Å². The van der Waals surface area contributed by atoms with E-state index in [-0.39, 0.29) is 0 Å². The van der Waals surface area contributed by atoms with E-state index in [2.05, 4.69) is 30.7 Å². The summed E-state index contributed by atoms with van der Waals surface area (Å²) in [7, 11) is 0. The van der Waals surface area contributed by atoms with Crippen LogP contribution in [0.4, 0.5) is 5.82 Å². The van der Waals surface area contributed by atoms with Crippen LogP contribution in [0.1, 0.15) is 5.82 Å². The van der Waals surface area contributed by atoms with Crippen molar-refractivity contribution in [1.29, 1.82) is 0 Å². The maximum Gasteiger partial charge on any atom is 0.149 e. The maximum absolute atomic E-state index is 3.95. The van der Waals surface area contributed by atoms with Gasteiger partial charge in [0, 0.05) is 6.20 Å². The maximum atomic E-state index is 3.95. The van der Waals surface area contributed by atoms with E-state index in [9.17, 15) is 0 Å². The topological polar surface area (TPSA) is 79.4 Å². The third kappa shape index (κ3) is 1.98. The Labute approximate surface area is 74.4 Å². The number of anilines is 1. The number of rotatable bonds is 3. The molecular weight excluding hydrogens is 168 g/mol. The van der Waals surface area contributed by atoms with Crippen molar-refractivity contribution in [3.05, 3.63) is 30.5 Å². The summed E-state index contributed by atoms with van der Waals surface area (Å²) in [6.07, 6.45) is 3.09. The Kier molecular flexibility index (Phi) is 2.13. The molecule has 2 aromatic rings. The average molecular weight is 176 g/mol. The summed E-state index contributed by atoms with van der Waals surface area (Å²) < 4.78 is 0. The molecule has 13 heavy (non-hydrogen) atoms. The van der Waals surface area contributed by atoms with Gasteiger partial charge in [0.25, 0.3) is 0 Å². The number of nitrogens with one attached hydrogen (secondary N) is 2. The number of nitrogens with zero attached hydrogens (tertiary/aromatic N) is 4. The Morgan fingerprint density at radius 2 is 2.46 bits per heavy atom. The van der Waals surface area contributed by atoms with Crippen LogP contribution in [-0.2, 0) is 6.54 Å². The summed E-state index contributed by atoms with van der Waals surface area (Å²) in [5, 5.41) is 17.1. The molecule has 2 aromatic heterocycles. The quantitative estimate of drug-likeness (QED) is 0.698. The van der Waals surface area contributed by atoms with Crippen LogP contribution in [0.15, 0.2) is 24.7 Å². The monoisotopic (exact) mass is 176 g/mol. The van der Waals surface area contributed by atoms with Crippen molar-refractivity contribution in [3.8, 4) is 0 Å². The number of hydrogen-bond acceptors (Lipinski definition) is 5. The van der Waals surface area contributed by atoms with Gasteiger partial charge in [-0.05, 0) is 12.1 Å². The molecule has 0 aromatic carbocycles. The smallest absolute Gasteiger partial charge is 0.149 e. The number of aromatic amines is 1. The minimum atomic E-state index is 0.568. The Bertz CT molecular complexity index is 342. The zero-order valence-electron chi connectivity index (χ0n) is 6.81. The van der Waals surface area contributed by atoms with Gasteiger partial charge in [-0.1, -0.05) is 0 Å². The molecule has 0 fully saturated rings. The SMILES string of the molecule is c1cnnc(NCc2ncn[nH]2)c1. The molecule has 0 aliphatic rings. The zero-order valence-corrected chi connectivity index (χ0v) is 6.81. The predicted octanol–water partition coefficient (Wildman–Crippen LogP) is 0.207. The van der Waals surface area contributed by atoms with Crippen molar-refractivity contribution in [3.63, 3.8) is 0 Å². The molecule has 2 heterocycles. The molecule has 0 radical (unpaired) electrons. The Morgan fingerprint density at radius 3 is 3.15 bits per heavy atom. The highest BCUT2D eigenvalue weighted by Gasteiger charge is 1.95. The minimum Gasteiger partial charge on any atom is -0.361 e. The van der Waals surface area contributed by atoms with E-state index >= 15 is 0 Å². The zero-order chi connectivity index (χ0) is 8.93. The normalized spacial score (nSPS) is 9.85. The van der Waals surface area contributed by atoms with Crippen molar-refractivity contribution in [2.45, 2.75) is 6.54 Å². The first-order valence-corrected chi connectivity index (χ1v) is 3.81. The molecule has 2 N–H and O–H groups in total. The molecule has 0 spiro atoms. The average Bonchev–Trinajstić information content (AvgIpc) is 2.69. The molecule has 0 unspecified atom stereocenters. The fraction of sp³-hybridized carbons (Fsp3) is 0.143. The number of H-pyrrole nitrogens is 1. The van der Waals surface area contributed by atoms with Crippen LogP contribution < -0.4 is 5.32 Å². The summed E-state index contributed by atoms with van der Waals surface area (Å²) in [6, 6.07) is 3.65. The van der Waals surface area contributed by atoms with Gasteiger partial charge in [-0.15, -0.1) is 5.10 Å². The van der Waals surface area contributed by atoms with Gasteiger partial charge in [0.05, 0.1) is 6.54 Å². The summed E-state index contributed by atoms with van der Waals surface area (Å²) in [6.45, 7) is 0.568. The standard InChI is InChI=1S/C7H8N6/c1-2-6(12-10-3-1)8-4-7-9-5-11-13-7/h1-3,5H,4H2,(H,8,12)(H,9,11,13). The first-order valence-electron chi connectivity index (χ1n) is 3.81. The van der Waals surface area contributed by atoms with E-state index in [1.54, 1.807) is 6.20 Å². The lowest BCUT2D eigenvalue weighted by molar-refractivity contribution is 0.930. The van der Waals surface area contributed by atoms with E-state index in [4.69, 9.17) is 0 Å². The van der Waals surface area contributed by atoms with Crippen LogP contribution in [0.3, 0.4) is 0 Å². The van der Waals surface area contributed by atoms with Crippen molar-refractivity contribution < 1.29 is 0 Å². The molecule has 6 nitrogen and oxygen atoms in total. The molecule has 0 saturated carbocycles. The van der Waals surface area contributed by atoms with Gasteiger partial charge in [-0.2, -0.15) is 10.2 Å². The molecule has 0 amide bonds. The first kappa shape index (κ1) is 7.66. The molecule has 66 valence electrons. The van der Waals surface area contributed by atoms with Crippen molar-refractivity contribution in [1.82, 2.24) is 25.4 Å². The lowest BCUT2D eigenvalue weighted by atomic mass is 10.5. The lowest BCUT2D eigenvalue weighted by Crippen LogP contribution is -2.03.